The highest BCUT2D eigenvalue weighted by Gasteiger charge is 2.38. The van der Waals surface area contributed by atoms with Crippen LogP contribution in [0.25, 0.3) is 33.1 Å². The lowest BCUT2D eigenvalue weighted by molar-refractivity contribution is -0.634. The van der Waals surface area contributed by atoms with E-state index in [0.29, 0.717) is 5.92 Å². The van der Waals surface area contributed by atoms with Crippen molar-refractivity contribution in [3.63, 3.8) is 0 Å². The maximum atomic E-state index is 6.92. The van der Waals surface area contributed by atoms with Crippen molar-refractivity contribution in [1.29, 1.82) is 0 Å². The number of furan rings is 1. The molecule has 0 bridgehead atoms. The molecular formula is C30H34NO2+. The van der Waals surface area contributed by atoms with Gasteiger partial charge < -0.3 is 9.15 Å². The van der Waals surface area contributed by atoms with Gasteiger partial charge in [0.05, 0.1) is 17.4 Å². The first-order valence-corrected chi connectivity index (χ1v) is 12.4. The van der Waals surface area contributed by atoms with Gasteiger partial charge in [0.25, 0.3) is 11.2 Å². The van der Waals surface area contributed by atoms with Crippen molar-refractivity contribution in [2.24, 2.45) is 12.5 Å². The van der Waals surface area contributed by atoms with E-state index < -0.39 is 0 Å². The Labute approximate surface area is 196 Å². The Morgan fingerprint density at radius 3 is 2.55 bits per heavy atom. The normalized spacial score (nSPS) is 15.9. The molecule has 2 aromatic heterocycles. The fourth-order valence-corrected chi connectivity index (χ4v) is 6.25. The summed E-state index contributed by atoms with van der Waals surface area (Å²) in [5.74, 6) is 2.51. The lowest BCUT2D eigenvalue weighted by Gasteiger charge is -2.26. The number of ether oxygens (including phenoxy) is 1. The van der Waals surface area contributed by atoms with Crippen LogP contribution in [0.5, 0.6) is 11.5 Å². The molecule has 0 radical (unpaired) electrons. The first-order chi connectivity index (χ1) is 15.7. The van der Waals surface area contributed by atoms with E-state index in [9.17, 15) is 0 Å². The molecule has 3 nitrogen and oxygen atoms in total. The topological polar surface area (TPSA) is 26.2 Å². The van der Waals surface area contributed by atoms with Crippen molar-refractivity contribution in [2.75, 3.05) is 0 Å². The number of benzene rings is 2. The third-order valence-electron chi connectivity index (χ3n) is 7.77. The van der Waals surface area contributed by atoms with E-state index in [1.807, 2.05) is 6.26 Å². The Morgan fingerprint density at radius 1 is 1.06 bits per heavy atom. The van der Waals surface area contributed by atoms with Gasteiger partial charge in [-0.2, -0.15) is 4.57 Å². The summed E-state index contributed by atoms with van der Waals surface area (Å²) in [4.78, 5) is 0. The SMILES string of the molecule is Cc1cc2cc(CC(C)(C)C)cc3c2c(c1C)-c1c(c(C2CCCC2)c2occc2[n+]1C)O3. The minimum absolute atomic E-state index is 0.220. The van der Waals surface area contributed by atoms with E-state index in [4.69, 9.17) is 9.15 Å². The smallest absolute Gasteiger partial charge is 0.257 e. The van der Waals surface area contributed by atoms with Crippen LogP contribution in [-0.2, 0) is 13.5 Å². The average Bonchev–Trinajstić information content (AvgIpc) is 3.42. The van der Waals surface area contributed by atoms with E-state index >= 15 is 0 Å². The Hall–Kier alpha value is -2.81. The van der Waals surface area contributed by atoms with Gasteiger partial charge in [0.2, 0.25) is 11.3 Å². The zero-order chi connectivity index (χ0) is 23.1. The molecule has 2 aromatic carbocycles. The van der Waals surface area contributed by atoms with Crippen molar-refractivity contribution in [3.05, 3.63) is 52.8 Å². The highest BCUT2D eigenvalue weighted by Crippen LogP contribution is 2.53. The second-order valence-electron chi connectivity index (χ2n) is 11.5. The summed E-state index contributed by atoms with van der Waals surface area (Å²) < 4.78 is 15.3. The zero-order valence-electron chi connectivity index (χ0n) is 20.8. The number of hydrogen-bond acceptors (Lipinski definition) is 2. The fraction of sp³-hybridized carbons (Fsp3) is 0.433. The number of nitrogens with zero attached hydrogens (tertiary/aromatic N) is 1. The minimum Gasteiger partial charge on any atom is -0.457 e. The number of hydrogen-bond donors (Lipinski definition) is 0. The molecule has 170 valence electrons. The van der Waals surface area contributed by atoms with Crippen LogP contribution in [0.2, 0.25) is 0 Å². The molecule has 6 rings (SSSR count). The summed E-state index contributed by atoms with van der Waals surface area (Å²) in [7, 11) is 2.16. The maximum absolute atomic E-state index is 6.92. The predicted molar refractivity (Wildman–Crippen MR) is 134 cm³/mol. The highest BCUT2D eigenvalue weighted by atomic mass is 16.5. The fourth-order valence-electron chi connectivity index (χ4n) is 6.25. The minimum atomic E-state index is 0.220. The predicted octanol–water partition coefficient (Wildman–Crippen LogP) is 8.05. The molecular weight excluding hydrogens is 406 g/mol. The second kappa shape index (κ2) is 7.09. The van der Waals surface area contributed by atoms with E-state index in [-0.39, 0.29) is 5.41 Å². The largest absolute Gasteiger partial charge is 0.457 e. The summed E-state index contributed by atoms with van der Waals surface area (Å²) in [5, 5.41) is 2.53. The molecule has 0 spiro atoms. The van der Waals surface area contributed by atoms with Crippen molar-refractivity contribution >= 4 is 21.9 Å². The molecule has 3 heteroatoms. The monoisotopic (exact) mass is 440 g/mol. The second-order valence-corrected chi connectivity index (χ2v) is 11.5. The van der Waals surface area contributed by atoms with E-state index in [0.717, 1.165) is 29.0 Å². The van der Waals surface area contributed by atoms with Gasteiger partial charge in [-0.1, -0.05) is 45.7 Å². The van der Waals surface area contributed by atoms with Crippen molar-refractivity contribution in [1.82, 2.24) is 0 Å². The molecule has 0 unspecified atom stereocenters. The van der Waals surface area contributed by atoms with Gasteiger partial charge in [0, 0.05) is 11.5 Å². The quantitative estimate of drug-likeness (QED) is 0.260. The van der Waals surface area contributed by atoms with Gasteiger partial charge in [-0.05, 0) is 72.6 Å². The summed E-state index contributed by atoms with van der Waals surface area (Å²) in [5.41, 5.74) is 10.2. The van der Waals surface area contributed by atoms with Crippen LogP contribution < -0.4 is 9.30 Å². The van der Waals surface area contributed by atoms with E-state index in [2.05, 4.69) is 70.5 Å². The molecule has 1 aliphatic heterocycles. The molecule has 1 aliphatic carbocycles. The Kier molecular flexibility index (Phi) is 4.46. The van der Waals surface area contributed by atoms with Crippen molar-refractivity contribution in [2.45, 2.75) is 72.6 Å². The van der Waals surface area contributed by atoms with Crippen LogP contribution in [0.3, 0.4) is 0 Å². The van der Waals surface area contributed by atoms with Crippen LogP contribution >= 0.6 is 0 Å². The highest BCUT2D eigenvalue weighted by molar-refractivity contribution is 6.06. The van der Waals surface area contributed by atoms with E-state index in [1.165, 1.54) is 70.0 Å². The van der Waals surface area contributed by atoms with Gasteiger partial charge in [0.15, 0.2) is 0 Å². The van der Waals surface area contributed by atoms with Crippen LogP contribution in [0.15, 0.2) is 34.9 Å². The zero-order valence-corrected chi connectivity index (χ0v) is 20.8. The van der Waals surface area contributed by atoms with Crippen LogP contribution in [-0.4, -0.2) is 0 Å². The molecule has 1 saturated carbocycles. The Bertz CT molecular complexity index is 1430. The number of rotatable bonds is 2. The Morgan fingerprint density at radius 2 is 1.82 bits per heavy atom. The van der Waals surface area contributed by atoms with Crippen LogP contribution in [0.4, 0.5) is 0 Å². The lowest BCUT2D eigenvalue weighted by Crippen LogP contribution is -2.34. The standard InChI is InChI=1S/C30H34NO2/c1-17-13-21-14-19(16-30(3,4)5)15-23-25(21)24(18(17)2)27-29(33-23)26(20-9-7-8-10-20)28-22(31(27)6)11-12-32-28/h11-15,20H,7-10,16H2,1-6H3/q+1. The van der Waals surface area contributed by atoms with Crippen molar-refractivity contribution < 1.29 is 13.7 Å². The van der Waals surface area contributed by atoms with Crippen LogP contribution in [0, 0.1) is 19.3 Å². The third-order valence-corrected chi connectivity index (χ3v) is 7.77. The van der Waals surface area contributed by atoms with Crippen LogP contribution in [0.1, 0.15) is 74.6 Å². The first-order valence-electron chi connectivity index (χ1n) is 12.4. The summed E-state index contributed by atoms with van der Waals surface area (Å²) in [6, 6.07) is 9.12. The van der Waals surface area contributed by atoms with Gasteiger partial charge in [-0.25, -0.2) is 0 Å². The first kappa shape index (κ1) is 20.8. The third kappa shape index (κ3) is 3.12. The number of aryl methyl sites for hydroxylation is 2. The van der Waals surface area contributed by atoms with Crippen molar-refractivity contribution in [3.8, 4) is 22.8 Å². The molecule has 0 N–H and O–H groups in total. The maximum Gasteiger partial charge on any atom is 0.257 e. The average molecular weight is 441 g/mol. The van der Waals surface area contributed by atoms with Gasteiger partial charge in [-0.15, -0.1) is 0 Å². The van der Waals surface area contributed by atoms with E-state index in [1.54, 1.807) is 0 Å². The summed E-state index contributed by atoms with van der Waals surface area (Å²) >= 11 is 0. The Balaban J connectivity index is 1.72. The summed E-state index contributed by atoms with van der Waals surface area (Å²) in [6.45, 7) is 11.4. The molecule has 1 fully saturated rings. The number of aromatic nitrogens is 1. The van der Waals surface area contributed by atoms with Gasteiger partial charge in [-0.3, -0.25) is 0 Å². The molecule has 0 saturated heterocycles. The lowest BCUT2D eigenvalue weighted by atomic mass is 9.84. The molecule has 4 aromatic rings. The molecule has 3 heterocycles. The van der Waals surface area contributed by atoms with Gasteiger partial charge in [0.1, 0.15) is 12.8 Å². The van der Waals surface area contributed by atoms with Gasteiger partial charge >= 0.3 is 0 Å². The number of pyridine rings is 1. The molecule has 2 aliphatic rings. The number of fused-ring (bicyclic) bond motifs is 3. The molecule has 0 atom stereocenters. The molecule has 0 amide bonds. The summed E-state index contributed by atoms with van der Waals surface area (Å²) in [6.07, 6.45) is 7.83. The molecule has 33 heavy (non-hydrogen) atoms.